The van der Waals surface area contributed by atoms with Gasteiger partial charge in [0.1, 0.15) is 0 Å². The molecule has 1 saturated carbocycles. The lowest BCUT2D eigenvalue weighted by molar-refractivity contribution is 0.124. The number of hydrogen-bond donors (Lipinski definition) is 3. The van der Waals surface area contributed by atoms with Crippen LogP contribution in [0.15, 0.2) is 0 Å². The van der Waals surface area contributed by atoms with Gasteiger partial charge in [0.2, 0.25) is 0 Å². The first-order valence-electron chi connectivity index (χ1n) is 5.77. The zero-order valence-electron chi connectivity index (χ0n) is 8.78. The summed E-state index contributed by atoms with van der Waals surface area (Å²) < 4.78 is 0. The second-order valence-corrected chi connectivity index (χ2v) is 4.77. The van der Waals surface area contributed by atoms with E-state index in [1.807, 2.05) is 5.01 Å². The molecule has 0 spiro atoms. The molecule has 0 amide bonds. The SMILES string of the molecule is NNC1CCCC1C1CCCN(N)C1. The number of piperidine rings is 1. The molecule has 1 aliphatic carbocycles. The average Bonchev–Trinajstić information content (AvgIpc) is 2.65. The van der Waals surface area contributed by atoms with Gasteiger partial charge in [-0.3, -0.25) is 17.1 Å². The molecule has 3 atom stereocenters. The van der Waals surface area contributed by atoms with Crippen molar-refractivity contribution >= 4 is 0 Å². The van der Waals surface area contributed by atoms with E-state index in [-0.39, 0.29) is 0 Å². The summed E-state index contributed by atoms with van der Waals surface area (Å²) >= 11 is 0. The second-order valence-electron chi connectivity index (χ2n) is 4.77. The van der Waals surface area contributed by atoms with E-state index in [2.05, 4.69) is 5.43 Å². The van der Waals surface area contributed by atoms with Crippen molar-refractivity contribution in [3.05, 3.63) is 0 Å². The zero-order chi connectivity index (χ0) is 9.97. The van der Waals surface area contributed by atoms with Crippen LogP contribution in [0.3, 0.4) is 0 Å². The minimum Gasteiger partial charge on any atom is -0.271 e. The van der Waals surface area contributed by atoms with Crippen molar-refractivity contribution in [3.63, 3.8) is 0 Å². The molecule has 5 N–H and O–H groups in total. The second kappa shape index (κ2) is 4.57. The summed E-state index contributed by atoms with van der Waals surface area (Å²) in [5.74, 6) is 12.9. The topological polar surface area (TPSA) is 67.3 Å². The molecule has 0 radical (unpaired) electrons. The van der Waals surface area contributed by atoms with Crippen LogP contribution < -0.4 is 17.1 Å². The molecule has 1 aliphatic heterocycles. The zero-order valence-corrected chi connectivity index (χ0v) is 8.78. The number of nitrogens with two attached hydrogens (primary N) is 2. The molecule has 4 heteroatoms. The smallest absolute Gasteiger partial charge is 0.0241 e. The van der Waals surface area contributed by atoms with Crippen molar-refractivity contribution in [1.29, 1.82) is 0 Å². The third-order valence-electron chi connectivity index (χ3n) is 3.88. The van der Waals surface area contributed by atoms with Crippen LogP contribution in [0.25, 0.3) is 0 Å². The van der Waals surface area contributed by atoms with E-state index in [0.29, 0.717) is 6.04 Å². The van der Waals surface area contributed by atoms with Gasteiger partial charge in [0.05, 0.1) is 0 Å². The minimum absolute atomic E-state index is 0.534. The Bertz CT molecular complexity index is 185. The predicted octanol–water partition coefficient (Wildman–Crippen LogP) is 0.204. The van der Waals surface area contributed by atoms with Crippen LogP contribution in [-0.4, -0.2) is 24.1 Å². The third-order valence-corrected chi connectivity index (χ3v) is 3.88. The standard InChI is InChI=1S/C10H22N4/c11-13-10-5-1-4-9(10)8-3-2-6-14(12)7-8/h8-10,13H,1-7,11-12H2. The molecule has 14 heavy (non-hydrogen) atoms. The van der Waals surface area contributed by atoms with Crippen molar-refractivity contribution in [3.8, 4) is 0 Å². The maximum atomic E-state index is 5.86. The fourth-order valence-electron chi connectivity index (χ4n) is 3.15. The number of hydrogen-bond acceptors (Lipinski definition) is 4. The molecular formula is C10H22N4. The normalized spacial score (nSPS) is 40.3. The maximum Gasteiger partial charge on any atom is 0.0241 e. The molecule has 1 heterocycles. The van der Waals surface area contributed by atoms with E-state index in [0.717, 1.165) is 24.9 Å². The Hall–Kier alpha value is -0.160. The first kappa shape index (κ1) is 10.4. The first-order chi connectivity index (χ1) is 6.81. The predicted molar refractivity (Wildman–Crippen MR) is 56.9 cm³/mol. The quantitative estimate of drug-likeness (QED) is 0.438. The van der Waals surface area contributed by atoms with E-state index in [1.165, 1.54) is 32.1 Å². The molecule has 3 unspecified atom stereocenters. The number of hydrazine groups is 2. The Balaban J connectivity index is 1.92. The van der Waals surface area contributed by atoms with Gasteiger partial charge in [0.25, 0.3) is 0 Å². The largest absolute Gasteiger partial charge is 0.271 e. The highest BCUT2D eigenvalue weighted by molar-refractivity contribution is 4.88. The lowest BCUT2D eigenvalue weighted by atomic mass is 9.83. The molecule has 2 aliphatic rings. The molecule has 0 aromatic carbocycles. The number of rotatable bonds is 2. The van der Waals surface area contributed by atoms with Gasteiger partial charge < -0.3 is 0 Å². The molecule has 0 bridgehead atoms. The van der Waals surface area contributed by atoms with Crippen LogP contribution in [0.4, 0.5) is 0 Å². The van der Waals surface area contributed by atoms with Crippen molar-refractivity contribution in [2.45, 2.75) is 38.1 Å². The van der Waals surface area contributed by atoms with Crippen molar-refractivity contribution in [1.82, 2.24) is 10.4 Å². The summed E-state index contributed by atoms with van der Waals surface area (Å²) in [5.41, 5.74) is 2.97. The van der Waals surface area contributed by atoms with Crippen LogP contribution in [0.5, 0.6) is 0 Å². The van der Waals surface area contributed by atoms with Gasteiger partial charge in [-0.05, 0) is 37.5 Å². The summed E-state index contributed by atoms with van der Waals surface area (Å²) in [6.45, 7) is 2.12. The fraction of sp³-hybridized carbons (Fsp3) is 1.00. The Morgan fingerprint density at radius 3 is 2.71 bits per heavy atom. The molecule has 1 saturated heterocycles. The van der Waals surface area contributed by atoms with Gasteiger partial charge in [0, 0.05) is 19.1 Å². The van der Waals surface area contributed by atoms with Gasteiger partial charge in [-0.15, -0.1) is 0 Å². The lowest BCUT2D eigenvalue weighted by Crippen LogP contribution is -2.47. The van der Waals surface area contributed by atoms with E-state index < -0.39 is 0 Å². The van der Waals surface area contributed by atoms with Crippen LogP contribution in [0.2, 0.25) is 0 Å². The van der Waals surface area contributed by atoms with Gasteiger partial charge in [0.15, 0.2) is 0 Å². The molecule has 0 aromatic rings. The third kappa shape index (κ3) is 2.08. The Labute approximate surface area is 85.9 Å². The number of nitrogens with one attached hydrogen (secondary N) is 1. The van der Waals surface area contributed by atoms with E-state index >= 15 is 0 Å². The summed E-state index contributed by atoms with van der Waals surface area (Å²) in [7, 11) is 0. The molecule has 4 nitrogen and oxygen atoms in total. The van der Waals surface area contributed by atoms with Crippen molar-refractivity contribution in [2.75, 3.05) is 13.1 Å². The molecule has 2 rings (SSSR count). The Morgan fingerprint density at radius 2 is 2.00 bits per heavy atom. The number of nitrogens with zero attached hydrogens (tertiary/aromatic N) is 1. The van der Waals surface area contributed by atoms with Crippen molar-refractivity contribution in [2.24, 2.45) is 23.5 Å². The van der Waals surface area contributed by atoms with Gasteiger partial charge in [-0.2, -0.15) is 0 Å². The summed E-state index contributed by atoms with van der Waals surface area (Å²) in [6, 6.07) is 0.534. The monoisotopic (exact) mass is 198 g/mol. The van der Waals surface area contributed by atoms with E-state index in [9.17, 15) is 0 Å². The van der Waals surface area contributed by atoms with E-state index in [1.54, 1.807) is 0 Å². The maximum absolute atomic E-state index is 5.86. The van der Waals surface area contributed by atoms with Crippen LogP contribution in [-0.2, 0) is 0 Å². The highest BCUT2D eigenvalue weighted by atomic mass is 15.4. The van der Waals surface area contributed by atoms with Gasteiger partial charge >= 0.3 is 0 Å². The highest BCUT2D eigenvalue weighted by Crippen LogP contribution is 2.35. The highest BCUT2D eigenvalue weighted by Gasteiger charge is 2.34. The van der Waals surface area contributed by atoms with E-state index in [4.69, 9.17) is 11.7 Å². The Kier molecular flexibility index (Phi) is 3.38. The summed E-state index contributed by atoms with van der Waals surface area (Å²) in [5, 5.41) is 1.97. The van der Waals surface area contributed by atoms with Gasteiger partial charge in [-0.1, -0.05) is 6.42 Å². The molecule has 0 aromatic heterocycles. The summed E-state index contributed by atoms with van der Waals surface area (Å²) in [4.78, 5) is 0. The first-order valence-corrected chi connectivity index (χ1v) is 5.77. The van der Waals surface area contributed by atoms with Crippen molar-refractivity contribution < 1.29 is 0 Å². The van der Waals surface area contributed by atoms with Crippen LogP contribution in [0, 0.1) is 11.8 Å². The minimum atomic E-state index is 0.534. The summed E-state index contributed by atoms with van der Waals surface area (Å²) in [6.07, 6.45) is 6.46. The fourth-order valence-corrected chi connectivity index (χ4v) is 3.15. The lowest BCUT2D eigenvalue weighted by Gasteiger charge is -2.35. The van der Waals surface area contributed by atoms with Gasteiger partial charge in [-0.25, -0.2) is 5.01 Å². The molecule has 82 valence electrons. The average molecular weight is 198 g/mol. The Morgan fingerprint density at radius 1 is 1.14 bits per heavy atom. The molecule has 2 fully saturated rings. The molecular weight excluding hydrogens is 176 g/mol. The van der Waals surface area contributed by atoms with Crippen LogP contribution in [0.1, 0.15) is 32.1 Å². The van der Waals surface area contributed by atoms with Crippen LogP contribution >= 0.6 is 0 Å².